The standard InChI is InChI=1S/C13H13BrClN3O/c1-13(2,14)12(19)17-10-6-3-5-9(15)11(10)18-8-4-7-16-18/h3-8H,1-2H3,(H,17,19). The Bertz CT molecular complexity index is 590. The first kappa shape index (κ1) is 14.1. The average Bonchev–Trinajstić information content (AvgIpc) is 2.81. The van der Waals surface area contributed by atoms with Crippen LogP contribution in [0.4, 0.5) is 5.69 Å². The van der Waals surface area contributed by atoms with Gasteiger partial charge in [-0.15, -0.1) is 0 Å². The molecule has 2 rings (SSSR count). The number of carbonyl (C=O) groups is 1. The predicted molar refractivity (Wildman–Crippen MR) is 80.2 cm³/mol. The molecule has 0 aliphatic rings. The number of aromatic nitrogens is 2. The summed E-state index contributed by atoms with van der Waals surface area (Å²) in [7, 11) is 0. The SMILES string of the molecule is CC(C)(Br)C(=O)Nc1cccc(Cl)c1-n1cccn1. The van der Waals surface area contributed by atoms with E-state index in [0.717, 1.165) is 0 Å². The first-order chi connectivity index (χ1) is 8.89. The van der Waals surface area contributed by atoms with Gasteiger partial charge in [-0.2, -0.15) is 5.10 Å². The summed E-state index contributed by atoms with van der Waals surface area (Å²) in [4.78, 5) is 12.0. The van der Waals surface area contributed by atoms with Crippen LogP contribution in [-0.4, -0.2) is 20.0 Å². The molecule has 4 nitrogen and oxygen atoms in total. The van der Waals surface area contributed by atoms with Crippen molar-refractivity contribution in [1.29, 1.82) is 0 Å². The Morgan fingerprint density at radius 2 is 2.16 bits per heavy atom. The lowest BCUT2D eigenvalue weighted by atomic mass is 10.2. The number of carbonyl (C=O) groups excluding carboxylic acids is 1. The normalized spacial score (nSPS) is 11.4. The van der Waals surface area contributed by atoms with Crippen LogP contribution in [-0.2, 0) is 4.79 Å². The minimum atomic E-state index is -0.656. The summed E-state index contributed by atoms with van der Waals surface area (Å²) in [6, 6.07) is 7.13. The van der Waals surface area contributed by atoms with E-state index in [2.05, 4.69) is 26.3 Å². The van der Waals surface area contributed by atoms with Gasteiger partial charge in [-0.1, -0.05) is 33.6 Å². The Labute approximate surface area is 124 Å². The quantitative estimate of drug-likeness (QED) is 0.866. The first-order valence-electron chi connectivity index (χ1n) is 5.68. The smallest absolute Gasteiger partial charge is 0.240 e. The Morgan fingerprint density at radius 1 is 1.42 bits per heavy atom. The summed E-state index contributed by atoms with van der Waals surface area (Å²) in [5.74, 6) is -0.150. The highest BCUT2D eigenvalue weighted by Crippen LogP contribution is 2.29. The van der Waals surface area contributed by atoms with Crippen LogP contribution < -0.4 is 5.32 Å². The fourth-order valence-corrected chi connectivity index (χ4v) is 1.88. The van der Waals surface area contributed by atoms with Crippen LogP contribution in [0.15, 0.2) is 36.7 Å². The van der Waals surface area contributed by atoms with E-state index in [0.29, 0.717) is 16.4 Å². The number of benzene rings is 1. The molecule has 0 atom stereocenters. The van der Waals surface area contributed by atoms with Crippen molar-refractivity contribution in [2.45, 2.75) is 18.2 Å². The molecule has 0 radical (unpaired) electrons. The van der Waals surface area contributed by atoms with Crippen molar-refractivity contribution in [3.8, 4) is 5.69 Å². The largest absolute Gasteiger partial charge is 0.323 e. The second kappa shape index (κ2) is 5.35. The van der Waals surface area contributed by atoms with Gasteiger partial charge in [0.1, 0.15) is 5.69 Å². The molecule has 0 spiro atoms. The van der Waals surface area contributed by atoms with Crippen LogP contribution in [0, 0.1) is 0 Å². The Hall–Kier alpha value is -1.33. The highest BCUT2D eigenvalue weighted by molar-refractivity contribution is 9.10. The maximum atomic E-state index is 12.0. The maximum absolute atomic E-state index is 12.0. The number of anilines is 1. The fourth-order valence-electron chi connectivity index (χ4n) is 1.52. The minimum Gasteiger partial charge on any atom is -0.323 e. The Kier molecular flexibility index (Phi) is 3.96. The molecular formula is C13H13BrClN3O. The number of hydrogen-bond acceptors (Lipinski definition) is 2. The van der Waals surface area contributed by atoms with Gasteiger partial charge in [0.15, 0.2) is 0 Å². The minimum absolute atomic E-state index is 0.150. The molecule has 0 saturated carbocycles. The molecule has 1 aromatic carbocycles. The van der Waals surface area contributed by atoms with E-state index < -0.39 is 4.32 Å². The number of halogens is 2. The third-order valence-electron chi connectivity index (χ3n) is 2.51. The summed E-state index contributed by atoms with van der Waals surface area (Å²) < 4.78 is 0.968. The number of hydrogen-bond donors (Lipinski definition) is 1. The van der Waals surface area contributed by atoms with Gasteiger partial charge in [-0.25, -0.2) is 4.68 Å². The number of para-hydroxylation sites is 1. The van der Waals surface area contributed by atoms with E-state index in [1.54, 1.807) is 55.2 Å². The number of nitrogens with one attached hydrogen (secondary N) is 1. The third-order valence-corrected chi connectivity index (χ3v) is 3.17. The van der Waals surface area contributed by atoms with Crippen molar-refractivity contribution < 1.29 is 4.79 Å². The molecule has 1 heterocycles. The van der Waals surface area contributed by atoms with Crippen molar-refractivity contribution in [2.24, 2.45) is 0 Å². The van der Waals surface area contributed by atoms with E-state index in [-0.39, 0.29) is 5.91 Å². The molecule has 1 amide bonds. The zero-order chi connectivity index (χ0) is 14.0. The van der Waals surface area contributed by atoms with Gasteiger partial charge in [0, 0.05) is 12.4 Å². The molecule has 2 aromatic rings. The average molecular weight is 343 g/mol. The highest BCUT2D eigenvalue weighted by Gasteiger charge is 2.24. The van der Waals surface area contributed by atoms with Gasteiger partial charge in [0.05, 0.1) is 15.0 Å². The van der Waals surface area contributed by atoms with Gasteiger partial charge >= 0.3 is 0 Å². The topological polar surface area (TPSA) is 46.9 Å². The fraction of sp³-hybridized carbons (Fsp3) is 0.231. The summed E-state index contributed by atoms with van der Waals surface area (Å²) in [6.45, 7) is 3.56. The lowest BCUT2D eigenvalue weighted by Gasteiger charge is -2.18. The molecule has 100 valence electrons. The third kappa shape index (κ3) is 3.16. The molecule has 0 fully saturated rings. The number of amides is 1. The zero-order valence-electron chi connectivity index (χ0n) is 10.5. The molecular weight excluding hydrogens is 330 g/mol. The van der Waals surface area contributed by atoms with Crippen molar-refractivity contribution in [2.75, 3.05) is 5.32 Å². The molecule has 19 heavy (non-hydrogen) atoms. The number of rotatable bonds is 3. The van der Waals surface area contributed by atoms with Crippen LogP contribution in [0.1, 0.15) is 13.8 Å². The van der Waals surface area contributed by atoms with Crippen LogP contribution in [0.5, 0.6) is 0 Å². The lowest BCUT2D eigenvalue weighted by Crippen LogP contribution is -2.31. The molecule has 0 unspecified atom stereocenters. The van der Waals surface area contributed by atoms with Gasteiger partial charge in [-0.05, 0) is 32.0 Å². The van der Waals surface area contributed by atoms with Crippen LogP contribution in [0.25, 0.3) is 5.69 Å². The van der Waals surface area contributed by atoms with Crippen molar-refractivity contribution in [3.05, 3.63) is 41.7 Å². The first-order valence-corrected chi connectivity index (χ1v) is 6.85. The zero-order valence-corrected chi connectivity index (χ0v) is 12.9. The molecule has 1 N–H and O–H groups in total. The van der Waals surface area contributed by atoms with E-state index in [1.165, 1.54) is 0 Å². The second-order valence-corrected chi connectivity index (χ2v) is 6.90. The molecule has 0 aliphatic carbocycles. The monoisotopic (exact) mass is 341 g/mol. The van der Waals surface area contributed by atoms with E-state index in [4.69, 9.17) is 11.6 Å². The van der Waals surface area contributed by atoms with Crippen LogP contribution in [0.3, 0.4) is 0 Å². The summed E-state index contributed by atoms with van der Waals surface area (Å²) in [6.07, 6.45) is 3.43. The van der Waals surface area contributed by atoms with Crippen LogP contribution >= 0.6 is 27.5 Å². The lowest BCUT2D eigenvalue weighted by molar-refractivity contribution is -0.117. The van der Waals surface area contributed by atoms with E-state index in [9.17, 15) is 4.79 Å². The summed E-state index contributed by atoms with van der Waals surface area (Å²) >= 11 is 9.52. The number of nitrogens with zero attached hydrogens (tertiary/aromatic N) is 2. The molecule has 6 heteroatoms. The molecule has 0 aliphatic heterocycles. The van der Waals surface area contributed by atoms with Crippen molar-refractivity contribution >= 4 is 39.1 Å². The van der Waals surface area contributed by atoms with Crippen molar-refractivity contribution in [3.63, 3.8) is 0 Å². The Morgan fingerprint density at radius 3 is 2.74 bits per heavy atom. The Balaban J connectivity index is 2.42. The predicted octanol–water partition coefficient (Wildman–Crippen LogP) is 3.64. The molecule has 0 saturated heterocycles. The van der Waals surface area contributed by atoms with Gasteiger partial charge < -0.3 is 5.32 Å². The highest BCUT2D eigenvalue weighted by atomic mass is 79.9. The number of alkyl halides is 1. The van der Waals surface area contributed by atoms with Gasteiger partial charge in [0.2, 0.25) is 5.91 Å². The summed E-state index contributed by atoms with van der Waals surface area (Å²) in [5.41, 5.74) is 1.27. The van der Waals surface area contributed by atoms with Crippen LogP contribution in [0.2, 0.25) is 5.02 Å². The molecule has 0 bridgehead atoms. The molecule has 1 aromatic heterocycles. The second-order valence-electron chi connectivity index (χ2n) is 4.51. The van der Waals surface area contributed by atoms with E-state index in [1.807, 2.05) is 0 Å². The van der Waals surface area contributed by atoms with E-state index >= 15 is 0 Å². The van der Waals surface area contributed by atoms with Gasteiger partial charge in [-0.3, -0.25) is 4.79 Å². The van der Waals surface area contributed by atoms with Crippen molar-refractivity contribution in [1.82, 2.24) is 9.78 Å². The van der Waals surface area contributed by atoms with Gasteiger partial charge in [0.25, 0.3) is 0 Å². The summed E-state index contributed by atoms with van der Waals surface area (Å²) in [5, 5.41) is 7.52. The maximum Gasteiger partial charge on any atom is 0.240 e.